The average Bonchev–Trinajstić information content (AvgIpc) is 3.56. The number of allylic oxidation sites excluding steroid dienone is 1. The van der Waals surface area contributed by atoms with Crippen molar-refractivity contribution in [2.24, 2.45) is 5.92 Å². The van der Waals surface area contributed by atoms with Crippen LogP contribution in [0.3, 0.4) is 0 Å². The van der Waals surface area contributed by atoms with Crippen LogP contribution in [-0.2, 0) is 34.7 Å². The summed E-state index contributed by atoms with van der Waals surface area (Å²) in [6.45, 7) is 2.70. The fourth-order valence-electron chi connectivity index (χ4n) is 5.70. The maximum atomic E-state index is 13.9. The summed E-state index contributed by atoms with van der Waals surface area (Å²) >= 11 is 0. The smallest absolute Gasteiger partial charge is 0.269 e. The molecule has 2 N–H and O–H groups in total. The van der Waals surface area contributed by atoms with E-state index < -0.39 is 11.5 Å². The molecule has 0 spiro atoms. The van der Waals surface area contributed by atoms with Gasteiger partial charge >= 0.3 is 0 Å². The Morgan fingerprint density at radius 1 is 1.02 bits per heavy atom. The molecule has 0 saturated heterocycles. The van der Waals surface area contributed by atoms with E-state index in [9.17, 15) is 14.7 Å². The van der Waals surface area contributed by atoms with Gasteiger partial charge in [-0.2, -0.15) is 0 Å². The number of aliphatic hydroxyl groups excluding tert-OH is 1. The minimum Gasteiger partial charge on any atom is -0.482 e. The van der Waals surface area contributed by atoms with Crippen LogP contribution in [0.1, 0.15) is 30.2 Å². The molecule has 2 aliphatic heterocycles. The molecule has 2 amide bonds. The second-order valence-electron chi connectivity index (χ2n) is 10.8. The molecule has 0 unspecified atom stereocenters. The number of fused-ring (bicyclic) bond motifs is 2. The lowest BCUT2D eigenvalue weighted by Crippen LogP contribution is -2.44. The van der Waals surface area contributed by atoms with E-state index in [-0.39, 0.29) is 31.6 Å². The molecule has 0 saturated carbocycles. The van der Waals surface area contributed by atoms with Gasteiger partial charge in [-0.1, -0.05) is 66.8 Å². The fourth-order valence-corrected chi connectivity index (χ4v) is 5.70. The first kappa shape index (κ1) is 28.3. The summed E-state index contributed by atoms with van der Waals surface area (Å²) in [6.07, 6.45) is 6.72. The van der Waals surface area contributed by atoms with E-state index in [0.29, 0.717) is 47.8 Å². The lowest BCUT2D eigenvalue weighted by atomic mass is 9.83. The number of amides is 2. The van der Waals surface area contributed by atoms with Gasteiger partial charge in [-0.25, -0.2) is 0 Å². The second-order valence-corrected chi connectivity index (χ2v) is 10.8. The van der Waals surface area contributed by atoms with Crippen LogP contribution in [0.15, 0.2) is 91.1 Å². The highest BCUT2D eigenvalue weighted by molar-refractivity contribution is 6.07. The number of anilines is 3. The zero-order chi connectivity index (χ0) is 30.0. The molecule has 0 bridgehead atoms. The molecule has 2 aliphatic rings. The Morgan fingerprint density at radius 3 is 2.56 bits per heavy atom. The number of aliphatic hydroxyl groups is 2. The normalized spacial score (nSPS) is 18.6. The van der Waals surface area contributed by atoms with Crippen molar-refractivity contribution in [3.63, 3.8) is 0 Å². The van der Waals surface area contributed by atoms with Gasteiger partial charge in [-0.15, -0.1) is 5.10 Å². The number of nitrogens with zero attached hydrogens (tertiary/aromatic N) is 5. The van der Waals surface area contributed by atoms with Crippen LogP contribution >= 0.6 is 0 Å². The Hall–Kier alpha value is -4.80. The number of carbonyl (C=O) groups excluding carboxylic acids is 2. The molecule has 1 aromatic heterocycles. The number of aromatic nitrogens is 3. The molecule has 3 aromatic carbocycles. The molecule has 6 rings (SSSR count). The van der Waals surface area contributed by atoms with Crippen LogP contribution in [0.5, 0.6) is 5.75 Å². The largest absolute Gasteiger partial charge is 0.482 e. The van der Waals surface area contributed by atoms with Gasteiger partial charge in [0, 0.05) is 42.9 Å². The van der Waals surface area contributed by atoms with Crippen molar-refractivity contribution in [2.45, 2.75) is 38.5 Å². The SMILES string of the molecule is C[C@@H](/C=C/CCn1cc(CCO)nn1)[C@]1(O)C(=O)N(Cc2ccc(N3C(=O)COc4ccccc43)cc2)c2ccccc21. The number of hydrogen-bond donors (Lipinski definition) is 2. The van der Waals surface area contributed by atoms with Crippen LogP contribution in [0.4, 0.5) is 17.1 Å². The van der Waals surface area contributed by atoms with Gasteiger partial charge in [0.05, 0.1) is 23.6 Å². The summed E-state index contributed by atoms with van der Waals surface area (Å²) in [5, 5.41) is 29.1. The summed E-state index contributed by atoms with van der Waals surface area (Å²) in [6, 6.07) is 22.3. The highest BCUT2D eigenvalue weighted by Crippen LogP contribution is 2.46. The van der Waals surface area contributed by atoms with Crippen molar-refractivity contribution in [1.82, 2.24) is 15.0 Å². The first-order valence-corrected chi connectivity index (χ1v) is 14.3. The summed E-state index contributed by atoms with van der Waals surface area (Å²) in [7, 11) is 0. The van der Waals surface area contributed by atoms with Crippen LogP contribution in [0.2, 0.25) is 0 Å². The first-order chi connectivity index (χ1) is 20.9. The van der Waals surface area contributed by atoms with Gasteiger partial charge in [0.2, 0.25) is 0 Å². The lowest BCUT2D eigenvalue weighted by Gasteiger charge is -2.29. The third-order valence-electron chi connectivity index (χ3n) is 7.98. The van der Waals surface area contributed by atoms with Gasteiger partial charge in [0.1, 0.15) is 5.75 Å². The minimum atomic E-state index is -1.71. The molecule has 2 atom stereocenters. The monoisotopic (exact) mass is 579 g/mol. The van der Waals surface area contributed by atoms with Crippen LogP contribution in [-0.4, -0.2) is 50.2 Å². The lowest BCUT2D eigenvalue weighted by molar-refractivity contribution is -0.139. The van der Waals surface area contributed by atoms with Crippen molar-refractivity contribution < 1.29 is 24.5 Å². The quantitative estimate of drug-likeness (QED) is 0.274. The van der Waals surface area contributed by atoms with Crippen LogP contribution in [0.25, 0.3) is 0 Å². The van der Waals surface area contributed by atoms with E-state index in [1.165, 1.54) is 0 Å². The van der Waals surface area contributed by atoms with Crippen molar-refractivity contribution in [3.8, 4) is 5.75 Å². The van der Waals surface area contributed by atoms with Crippen molar-refractivity contribution >= 4 is 28.9 Å². The molecular formula is C33H33N5O5. The number of hydrogen-bond acceptors (Lipinski definition) is 7. The van der Waals surface area contributed by atoms with Gasteiger partial charge in [-0.05, 0) is 42.3 Å². The number of ether oxygens (including phenoxy) is 1. The summed E-state index contributed by atoms with van der Waals surface area (Å²) < 4.78 is 7.28. The Morgan fingerprint density at radius 2 is 1.77 bits per heavy atom. The van der Waals surface area contributed by atoms with E-state index in [4.69, 9.17) is 9.84 Å². The minimum absolute atomic E-state index is 0.0248. The summed E-state index contributed by atoms with van der Waals surface area (Å²) in [5.41, 5.74) is 2.54. The van der Waals surface area contributed by atoms with E-state index in [0.717, 1.165) is 11.3 Å². The number of rotatable bonds is 10. The Bertz CT molecular complexity index is 1670. The average molecular weight is 580 g/mol. The predicted molar refractivity (Wildman–Crippen MR) is 161 cm³/mol. The molecule has 4 aromatic rings. The highest BCUT2D eigenvalue weighted by Gasteiger charge is 2.52. The molecular weight excluding hydrogens is 546 g/mol. The Labute approximate surface area is 249 Å². The molecule has 0 fully saturated rings. The molecule has 43 heavy (non-hydrogen) atoms. The molecule has 3 heterocycles. The second kappa shape index (κ2) is 11.8. The Kier molecular flexibility index (Phi) is 7.79. The van der Waals surface area contributed by atoms with Gasteiger partial charge in [0.15, 0.2) is 12.2 Å². The maximum Gasteiger partial charge on any atom is 0.269 e. The van der Waals surface area contributed by atoms with Crippen molar-refractivity contribution in [1.29, 1.82) is 0 Å². The zero-order valence-electron chi connectivity index (χ0n) is 23.8. The van der Waals surface area contributed by atoms with Gasteiger partial charge in [-0.3, -0.25) is 19.2 Å². The fraction of sp³-hybridized carbons (Fsp3) is 0.273. The molecule has 0 aliphatic carbocycles. The topological polar surface area (TPSA) is 121 Å². The maximum absolute atomic E-state index is 13.9. The predicted octanol–water partition coefficient (Wildman–Crippen LogP) is 3.89. The van der Waals surface area contributed by atoms with Gasteiger partial charge < -0.3 is 19.8 Å². The molecule has 10 heteroatoms. The zero-order valence-corrected chi connectivity index (χ0v) is 23.8. The summed E-state index contributed by atoms with van der Waals surface area (Å²) in [4.78, 5) is 29.9. The Balaban J connectivity index is 1.17. The van der Waals surface area contributed by atoms with E-state index in [1.807, 2.05) is 85.8 Å². The van der Waals surface area contributed by atoms with Crippen molar-refractivity contribution in [2.75, 3.05) is 23.0 Å². The summed E-state index contributed by atoms with van der Waals surface area (Å²) in [5.74, 6) is -0.368. The third-order valence-corrected chi connectivity index (χ3v) is 7.98. The highest BCUT2D eigenvalue weighted by atomic mass is 16.5. The van der Waals surface area contributed by atoms with Gasteiger partial charge in [0.25, 0.3) is 11.8 Å². The first-order valence-electron chi connectivity index (χ1n) is 14.3. The number of carbonyl (C=O) groups is 2. The van der Waals surface area contributed by atoms with E-state index in [2.05, 4.69) is 10.3 Å². The van der Waals surface area contributed by atoms with Crippen LogP contribution < -0.4 is 14.5 Å². The molecule has 0 radical (unpaired) electrons. The van der Waals surface area contributed by atoms with E-state index in [1.54, 1.807) is 26.7 Å². The van der Waals surface area contributed by atoms with E-state index >= 15 is 0 Å². The number of aryl methyl sites for hydroxylation is 1. The standard InChI is InChI=1S/C33H33N5O5/c1-23(8-6-7-18-36-21-25(17-19-39)34-35-36)33(42)27-9-2-3-10-28(27)37(32(33)41)20-24-13-15-26(16-14-24)38-29-11-4-5-12-30(29)43-22-31(38)40/h2-6,8-16,21,23,39,42H,7,17-20,22H2,1H3/b8-6+/t23-,33+/m0/s1. The number of benzene rings is 3. The third kappa shape index (κ3) is 5.31. The van der Waals surface area contributed by atoms with Crippen LogP contribution in [0, 0.1) is 5.92 Å². The number of para-hydroxylation sites is 3. The van der Waals surface area contributed by atoms with Crippen molar-refractivity contribution in [3.05, 3.63) is 108 Å². The molecule has 10 nitrogen and oxygen atoms in total. The molecule has 220 valence electrons.